The van der Waals surface area contributed by atoms with Crippen LogP contribution in [0.2, 0.25) is 0 Å². The van der Waals surface area contributed by atoms with Crippen molar-refractivity contribution < 1.29 is 14.3 Å². The zero-order valence-corrected chi connectivity index (χ0v) is 10.6. The van der Waals surface area contributed by atoms with Crippen molar-refractivity contribution in [1.29, 1.82) is 0 Å². The van der Waals surface area contributed by atoms with Gasteiger partial charge < -0.3 is 19.7 Å². The monoisotopic (exact) mass is 242 g/mol. The van der Waals surface area contributed by atoms with Gasteiger partial charge in [-0.15, -0.1) is 0 Å². The zero-order valence-electron chi connectivity index (χ0n) is 10.6. The van der Waals surface area contributed by atoms with Crippen molar-refractivity contribution in [2.24, 2.45) is 5.92 Å². The highest BCUT2D eigenvalue weighted by Gasteiger charge is 2.37. The maximum atomic E-state index is 12.3. The highest BCUT2D eigenvalue weighted by atomic mass is 16.5. The van der Waals surface area contributed by atoms with Crippen LogP contribution in [0, 0.1) is 5.92 Å². The van der Waals surface area contributed by atoms with E-state index in [1.54, 1.807) is 14.2 Å². The van der Waals surface area contributed by atoms with Crippen molar-refractivity contribution in [3.05, 3.63) is 0 Å². The van der Waals surface area contributed by atoms with Gasteiger partial charge in [0, 0.05) is 33.9 Å². The van der Waals surface area contributed by atoms with Crippen molar-refractivity contribution in [2.45, 2.75) is 25.0 Å². The van der Waals surface area contributed by atoms with Gasteiger partial charge in [0.1, 0.15) is 12.2 Å². The molecule has 98 valence electrons. The van der Waals surface area contributed by atoms with E-state index in [1.807, 2.05) is 4.90 Å². The van der Waals surface area contributed by atoms with Crippen LogP contribution in [0.15, 0.2) is 0 Å². The summed E-state index contributed by atoms with van der Waals surface area (Å²) in [7, 11) is 3.35. The Balaban J connectivity index is 1.92. The maximum Gasteiger partial charge on any atom is 0.227 e. The second-order valence-corrected chi connectivity index (χ2v) is 4.83. The lowest BCUT2D eigenvalue weighted by atomic mass is 9.98. The maximum absolute atomic E-state index is 12.3. The van der Waals surface area contributed by atoms with Crippen molar-refractivity contribution in [3.63, 3.8) is 0 Å². The summed E-state index contributed by atoms with van der Waals surface area (Å²) in [6.07, 6.45) is 2.12. The third-order valence-corrected chi connectivity index (χ3v) is 3.78. The number of hydrogen-bond acceptors (Lipinski definition) is 4. The number of amides is 1. The molecule has 0 spiro atoms. The molecule has 0 aliphatic carbocycles. The quantitative estimate of drug-likeness (QED) is 0.748. The van der Waals surface area contributed by atoms with E-state index < -0.39 is 0 Å². The molecule has 0 aromatic heterocycles. The van der Waals surface area contributed by atoms with Crippen LogP contribution in [-0.2, 0) is 14.3 Å². The molecule has 0 bridgehead atoms. The number of rotatable bonds is 3. The molecule has 3 atom stereocenters. The van der Waals surface area contributed by atoms with Crippen molar-refractivity contribution in [2.75, 3.05) is 40.4 Å². The fourth-order valence-electron chi connectivity index (χ4n) is 2.70. The Morgan fingerprint density at radius 2 is 1.88 bits per heavy atom. The normalized spacial score (nSPS) is 34.0. The Bertz CT molecular complexity index is 254. The van der Waals surface area contributed by atoms with E-state index in [2.05, 4.69) is 5.32 Å². The lowest BCUT2D eigenvalue weighted by molar-refractivity contribution is -0.135. The molecule has 0 aromatic rings. The Hall–Kier alpha value is -0.650. The van der Waals surface area contributed by atoms with Gasteiger partial charge in [0.25, 0.3) is 0 Å². The minimum absolute atomic E-state index is 0.0144. The van der Waals surface area contributed by atoms with E-state index in [1.165, 1.54) is 0 Å². The number of piperidine rings is 1. The van der Waals surface area contributed by atoms with Gasteiger partial charge in [-0.2, -0.15) is 0 Å². The van der Waals surface area contributed by atoms with Gasteiger partial charge in [-0.25, -0.2) is 0 Å². The molecule has 0 radical (unpaired) electrons. The molecule has 1 N–H and O–H groups in total. The molecule has 5 heteroatoms. The first-order chi connectivity index (χ1) is 8.26. The largest absolute Gasteiger partial charge is 0.377 e. The van der Waals surface area contributed by atoms with Crippen molar-refractivity contribution in [3.8, 4) is 0 Å². The molecule has 2 rings (SSSR count). The van der Waals surface area contributed by atoms with Crippen molar-refractivity contribution in [1.82, 2.24) is 10.2 Å². The van der Waals surface area contributed by atoms with Gasteiger partial charge >= 0.3 is 0 Å². The average molecular weight is 242 g/mol. The summed E-state index contributed by atoms with van der Waals surface area (Å²) in [6.45, 7) is 3.16. The lowest BCUT2D eigenvalue weighted by Crippen LogP contribution is -2.42. The Labute approximate surface area is 102 Å². The van der Waals surface area contributed by atoms with E-state index in [0.29, 0.717) is 13.1 Å². The number of nitrogens with zero attached hydrogens (tertiary/aromatic N) is 1. The second-order valence-electron chi connectivity index (χ2n) is 4.83. The number of carbonyl (C=O) groups is 1. The van der Waals surface area contributed by atoms with E-state index in [9.17, 15) is 4.79 Å². The minimum atomic E-state index is 0.0144. The number of likely N-dealkylation sites (tertiary alicyclic amines) is 1. The molecule has 0 saturated carbocycles. The van der Waals surface area contributed by atoms with Crippen LogP contribution in [0.3, 0.4) is 0 Å². The topological polar surface area (TPSA) is 50.8 Å². The number of carbonyl (C=O) groups excluding carboxylic acids is 1. The summed E-state index contributed by atoms with van der Waals surface area (Å²) in [5.41, 5.74) is 0. The minimum Gasteiger partial charge on any atom is -0.377 e. The zero-order chi connectivity index (χ0) is 12.3. The standard InChI is InChI=1S/C12H22N2O3/c1-16-10-7-14(8-11(10)17-2)12(15)9-4-3-5-13-6-9/h9-11,13H,3-8H2,1-2H3/t9-,10?,11?/m0/s1. The highest BCUT2D eigenvalue weighted by Crippen LogP contribution is 2.20. The summed E-state index contributed by atoms with van der Waals surface area (Å²) in [5.74, 6) is 0.385. The van der Waals surface area contributed by atoms with Crippen LogP contribution in [0.4, 0.5) is 0 Å². The predicted molar refractivity (Wildman–Crippen MR) is 63.8 cm³/mol. The fraction of sp³-hybridized carbons (Fsp3) is 0.917. The van der Waals surface area contributed by atoms with Crippen LogP contribution in [0.5, 0.6) is 0 Å². The molecule has 2 saturated heterocycles. The van der Waals surface area contributed by atoms with Gasteiger partial charge in [0.15, 0.2) is 0 Å². The summed E-state index contributed by atoms with van der Waals surface area (Å²) in [6, 6.07) is 0. The molecule has 1 amide bonds. The van der Waals surface area contributed by atoms with E-state index in [0.717, 1.165) is 25.9 Å². The summed E-state index contributed by atoms with van der Waals surface area (Å²) >= 11 is 0. The third kappa shape index (κ3) is 2.78. The van der Waals surface area contributed by atoms with E-state index >= 15 is 0 Å². The van der Waals surface area contributed by atoms with Gasteiger partial charge in [-0.1, -0.05) is 0 Å². The summed E-state index contributed by atoms with van der Waals surface area (Å²) in [4.78, 5) is 14.2. The molecule has 5 nitrogen and oxygen atoms in total. The van der Waals surface area contributed by atoms with Gasteiger partial charge in [0.2, 0.25) is 5.91 Å². The summed E-state index contributed by atoms with van der Waals surface area (Å²) in [5, 5.41) is 3.28. The molecule has 0 aromatic carbocycles. The third-order valence-electron chi connectivity index (χ3n) is 3.78. The highest BCUT2D eigenvalue weighted by molar-refractivity contribution is 5.79. The van der Waals surface area contributed by atoms with Crippen LogP contribution >= 0.6 is 0 Å². The van der Waals surface area contributed by atoms with E-state index in [-0.39, 0.29) is 24.0 Å². The molecular weight excluding hydrogens is 220 g/mol. The van der Waals surface area contributed by atoms with Crippen molar-refractivity contribution >= 4 is 5.91 Å². The number of methoxy groups -OCH3 is 2. The van der Waals surface area contributed by atoms with Gasteiger partial charge in [-0.3, -0.25) is 4.79 Å². The van der Waals surface area contributed by atoms with Crippen LogP contribution in [0.1, 0.15) is 12.8 Å². The molecule has 2 aliphatic rings. The second kappa shape index (κ2) is 5.80. The molecule has 17 heavy (non-hydrogen) atoms. The smallest absolute Gasteiger partial charge is 0.227 e. The number of nitrogens with one attached hydrogen (secondary N) is 1. The first-order valence-electron chi connectivity index (χ1n) is 6.31. The molecule has 2 fully saturated rings. The number of hydrogen-bond donors (Lipinski definition) is 1. The predicted octanol–water partition coefficient (Wildman–Crippen LogP) is -0.142. The lowest BCUT2D eigenvalue weighted by Gasteiger charge is -2.26. The Morgan fingerprint density at radius 3 is 2.35 bits per heavy atom. The number of ether oxygens (including phenoxy) is 2. The molecule has 2 aliphatic heterocycles. The first kappa shape index (κ1) is 12.8. The average Bonchev–Trinajstić information content (AvgIpc) is 2.82. The molecular formula is C12H22N2O3. The van der Waals surface area contributed by atoms with Gasteiger partial charge in [-0.05, 0) is 19.4 Å². The fourth-order valence-corrected chi connectivity index (χ4v) is 2.70. The molecule has 2 unspecified atom stereocenters. The van der Waals surface area contributed by atoms with Crippen LogP contribution < -0.4 is 5.32 Å². The Kier molecular flexibility index (Phi) is 4.36. The van der Waals surface area contributed by atoms with Gasteiger partial charge in [0.05, 0.1) is 5.92 Å². The first-order valence-corrected chi connectivity index (χ1v) is 6.31. The summed E-state index contributed by atoms with van der Waals surface area (Å²) < 4.78 is 10.7. The SMILES string of the molecule is COC1CN(C(=O)[C@H]2CCCNC2)CC1OC. The van der Waals surface area contributed by atoms with E-state index in [4.69, 9.17) is 9.47 Å². The van der Waals surface area contributed by atoms with Crippen LogP contribution in [0.25, 0.3) is 0 Å². The Morgan fingerprint density at radius 1 is 1.24 bits per heavy atom. The van der Waals surface area contributed by atoms with Crippen LogP contribution in [-0.4, -0.2) is 63.4 Å². The molecule has 2 heterocycles.